The highest BCUT2D eigenvalue weighted by atomic mass is 19.3. The Hall–Kier alpha value is -1.32. The number of ether oxygens (including phenoxy) is 3. The standard InChI is InChI=1S/C30H44F2O7/c1-26(2,3)30(31,32)38-15-22(39-25(35)27-7-17-5-20(12-27)23(33)21(6-17)13-27)14-37-24(34)28-8-18-4-19(9-28)11-29(36,10-18)16-28/h17-23,33,36H,4-16H2,1-3H3. The minimum absolute atomic E-state index is 0.0587. The van der Waals surface area contributed by atoms with Gasteiger partial charge in [-0.25, -0.2) is 0 Å². The Morgan fingerprint density at radius 3 is 2.00 bits per heavy atom. The van der Waals surface area contributed by atoms with E-state index in [0.29, 0.717) is 57.3 Å². The van der Waals surface area contributed by atoms with Gasteiger partial charge in [-0.05, 0) is 100 Å². The van der Waals surface area contributed by atoms with Gasteiger partial charge in [0, 0.05) is 0 Å². The van der Waals surface area contributed by atoms with Crippen LogP contribution >= 0.6 is 0 Å². The molecule has 0 aromatic rings. The van der Waals surface area contributed by atoms with Crippen molar-refractivity contribution in [1.29, 1.82) is 0 Å². The number of hydrogen-bond donors (Lipinski definition) is 2. The highest BCUT2D eigenvalue weighted by molar-refractivity contribution is 5.79. The molecule has 8 aliphatic rings. The minimum atomic E-state index is -3.48. The zero-order chi connectivity index (χ0) is 28.0. The summed E-state index contributed by atoms with van der Waals surface area (Å²) >= 11 is 0. The second-order valence-electron chi connectivity index (χ2n) is 15.4. The van der Waals surface area contributed by atoms with Crippen molar-refractivity contribution < 1.29 is 42.8 Å². The maximum absolute atomic E-state index is 14.7. The number of carbonyl (C=O) groups is 2. The van der Waals surface area contributed by atoms with E-state index in [0.717, 1.165) is 19.3 Å². The lowest BCUT2D eigenvalue weighted by atomic mass is 9.48. The van der Waals surface area contributed by atoms with Gasteiger partial charge in [-0.1, -0.05) is 20.8 Å². The molecule has 220 valence electrons. The Labute approximate surface area is 229 Å². The van der Waals surface area contributed by atoms with E-state index < -0.39 is 58.7 Å². The summed E-state index contributed by atoms with van der Waals surface area (Å²) in [6.45, 7) is 3.14. The molecule has 5 atom stereocenters. The van der Waals surface area contributed by atoms with Crippen LogP contribution in [-0.4, -0.2) is 59.3 Å². The van der Waals surface area contributed by atoms with Gasteiger partial charge in [-0.2, -0.15) is 8.78 Å². The van der Waals surface area contributed by atoms with Crippen molar-refractivity contribution in [2.45, 2.75) is 115 Å². The summed E-state index contributed by atoms with van der Waals surface area (Å²) in [6, 6.07) is 0. The molecule has 0 spiro atoms. The number of rotatable bonds is 8. The average molecular weight is 555 g/mol. The number of hydrogen-bond acceptors (Lipinski definition) is 7. The Morgan fingerprint density at radius 1 is 0.846 bits per heavy atom. The summed E-state index contributed by atoms with van der Waals surface area (Å²) in [5.41, 5.74) is -3.80. The fourth-order valence-corrected chi connectivity index (χ4v) is 9.83. The molecule has 5 unspecified atom stereocenters. The predicted octanol–water partition coefficient (Wildman–Crippen LogP) is 4.62. The van der Waals surface area contributed by atoms with E-state index in [1.54, 1.807) is 0 Å². The first kappa shape index (κ1) is 27.8. The van der Waals surface area contributed by atoms with Crippen LogP contribution in [0.1, 0.15) is 91.4 Å². The second-order valence-corrected chi connectivity index (χ2v) is 15.4. The summed E-state index contributed by atoms with van der Waals surface area (Å²) in [7, 11) is 0. The van der Waals surface area contributed by atoms with Crippen LogP contribution in [-0.2, 0) is 23.8 Å². The molecule has 8 aliphatic carbocycles. The lowest BCUT2D eigenvalue weighted by molar-refractivity contribution is -0.304. The molecule has 39 heavy (non-hydrogen) atoms. The van der Waals surface area contributed by atoms with Crippen LogP contribution in [0.4, 0.5) is 8.78 Å². The van der Waals surface area contributed by atoms with Crippen molar-refractivity contribution in [1.82, 2.24) is 0 Å². The molecule has 0 aliphatic heterocycles. The molecule has 8 rings (SSSR count). The van der Waals surface area contributed by atoms with Crippen molar-refractivity contribution in [3.05, 3.63) is 0 Å². The maximum atomic E-state index is 14.7. The summed E-state index contributed by atoms with van der Waals surface area (Å²) in [6.07, 6.45) is 2.68. The highest BCUT2D eigenvalue weighted by Gasteiger charge is 2.62. The summed E-state index contributed by atoms with van der Waals surface area (Å²) < 4.78 is 46.0. The third kappa shape index (κ3) is 4.82. The molecular formula is C30H44F2O7. The lowest BCUT2D eigenvalue weighted by Crippen LogP contribution is -2.58. The van der Waals surface area contributed by atoms with Gasteiger partial charge in [-0.3, -0.25) is 9.59 Å². The zero-order valence-electron chi connectivity index (χ0n) is 23.4. The fourth-order valence-electron chi connectivity index (χ4n) is 9.83. The normalized spacial score (nSPS) is 44.9. The van der Waals surface area contributed by atoms with Gasteiger partial charge in [0.05, 0.1) is 34.6 Å². The van der Waals surface area contributed by atoms with Gasteiger partial charge < -0.3 is 24.4 Å². The van der Waals surface area contributed by atoms with E-state index in [4.69, 9.17) is 14.2 Å². The Morgan fingerprint density at radius 2 is 1.44 bits per heavy atom. The van der Waals surface area contributed by atoms with Gasteiger partial charge >= 0.3 is 18.0 Å². The van der Waals surface area contributed by atoms with Gasteiger partial charge in [0.15, 0.2) is 6.10 Å². The van der Waals surface area contributed by atoms with Crippen LogP contribution in [0.5, 0.6) is 0 Å². The first-order valence-electron chi connectivity index (χ1n) is 14.9. The number of aliphatic hydroxyl groups excluding tert-OH is 1. The Bertz CT molecular complexity index is 976. The molecule has 0 aromatic heterocycles. The zero-order valence-corrected chi connectivity index (χ0v) is 23.4. The largest absolute Gasteiger partial charge is 0.461 e. The van der Waals surface area contributed by atoms with E-state index in [1.807, 2.05) is 0 Å². The van der Waals surface area contributed by atoms with Crippen LogP contribution in [0.25, 0.3) is 0 Å². The average Bonchev–Trinajstić information content (AvgIpc) is 2.81. The third-order valence-electron chi connectivity index (χ3n) is 11.1. The van der Waals surface area contributed by atoms with E-state index in [-0.39, 0.29) is 30.3 Å². The van der Waals surface area contributed by atoms with Gasteiger partial charge in [0.2, 0.25) is 0 Å². The van der Waals surface area contributed by atoms with Crippen LogP contribution < -0.4 is 0 Å². The van der Waals surface area contributed by atoms with Crippen LogP contribution in [0.3, 0.4) is 0 Å². The van der Waals surface area contributed by atoms with E-state index in [9.17, 15) is 28.6 Å². The smallest absolute Gasteiger partial charge is 0.360 e. The molecule has 2 N–H and O–H groups in total. The van der Waals surface area contributed by atoms with Crippen molar-refractivity contribution in [3.63, 3.8) is 0 Å². The van der Waals surface area contributed by atoms with E-state index in [2.05, 4.69) is 0 Å². The molecule has 0 saturated heterocycles. The quantitative estimate of drug-likeness (QED) is 0.422. The summed E-state index contributed by atoms with van der Waals surface area (Å²) in [5.74, 6) is 0.165. The highest BCUT2D eigenvalue weighted by Crippen LogP contribution is 2.62. The number of halogens is 2. The van der Waals surface area contributed by atoms with E-state index in [1.165, 1.54) is 20.8 Å². The molecule has 7 nitrogen and oxygen atoms in total. The second kappa shape index (κ2) is 9.09. The first-order chi connectivity index (χ1) is 18.1. The third-order valence-corrected chi connectivity index (χ3v) is 11.1. The van der Waals surface area contributed by atoms with Crippen LogP contribution in [0.2, 0.25) is 0 Å². The minimum Gasteiger partial charge on any atom is -0.461 e. The van der Waals surface area contributed by atoms with Gasteiger partial charge in [0.1, 0.15) is 6.61 Å². The molecule has 8 bridgehead atoms. The van der Waals surface area contributed by atoms with Crippen molar-refractivity contribution >= 4 is 11.9 Å². The first-order valence-corrected chi connectivity index (χ1v) is 14.9. The molecular weight excluding hydrogens is 510 g/mol. The number of aliphatic hydroxyl groups is 2. The Balaban J connectivity index is 1.15. The van der Waals surface area contributed by atoms with Crippen LogP contribution in [0, 0.1) is 45.8 Å². The topological polar surface area (TPSA) is 102 Å². The predicted molar refractivity (Wildman–Crippen MR) is 135 cm³/mol. The molecule has 8 fully saturated rings. The SMILES string of the molecule is CC(C)(C)C(F)(F)OCC(COC(=O)C12CC3CC(CC(O)(C3)C1)C2)OC(=O)C12CC3CC(C1)C(O)C(C3)C2. The molecule has 0 amide bonds. The summed E-state index contributed by atoms with van der Waals surface area (Å²) in [5, 5.41) is 21.6. The number of alkyl halides is 2. The van der Waals surface area contributed by atoms with Crippen molar-refractivity contribution in [2.75, 3.05) is 13.2 Å². The fraction of sp³-hybridized carbons (Fsp3) is 0.933. The lowest BCUT2D eigenvalue weighted by Gasteiger charge is -2.58. The van der Waals surface area contributed by atoms with Crippen molar-refractivity contribution in [2.24, 2.45) is 45.8 Å². The number of carbonyl (C=O) groups excluding carboxylic acids is 2. The summed E-state index contributed by atoms with van der Waals surface area (Å²) in [4.78, 5) is 27.1. The Kier molecular flexibility index (Phi) is 6.49. The molecule has 0 radical (unpaired) electrons. The monoisotopic (exact) mass is 554 g/mol. The maximum Gasteiger partial charge on any atom is 0.360 e. The van der Waals surface area contributed by atoms with Gasteiger partial charge in [0.25, 0.3) is 0 Å². The molecule has 9 heteroatoms. The molecule has 8 saturated carbocycles. The molecule has 0 heterocycles. The van der Waals surface area contributed by atoms with E-state index >= 15 is 0 Å². The number of esters is 2. The van der Waals surface area contributed by atoms with Crippen molar-refractivity contribution in [3.8, 4) is 0 Å². The van der Waals surface area contributed by atoms with Crippen LogP contribution in [0.15, 0.2) is 0 Å². The van der Waals surface area contributed by atoms with Gasteiger partial charge in [-0.15, -0.1) is 0 Å². The molecule has 0 aromatic carbocycles.